The SMILES string of the molecule is Cc1ccc(C(=O)O)c(CCn2ccnc2)c1C(=O)O. The Kier molecular flexibility index (Phi) is 3.84. The van der Waals surface area contributed by atoms with Crippen LogP contribution in [0.15, 0.2) is 30.9 Å². The Labute approximate surface area is 115 Å². The average molecular weight is 274 g/mol. The number of carbonyl (C=O) groups is 2. The quantitative estimate of drug-likeness (QED) is 0.867. The molecule has 2 aromatic rings. The molecule has 1 aromatic carbocycles. The van der Waals surface area contributed by atoms with Gasteiger partial charge in [0.05, 0.1) is 17.5 Å². The van der Waals surface area contributed by atoms with E-state index in [1.54, 1.807) is 30.2 Å². The summed E-state index contributed by atoms with van der Waals surface area (Å²) < 4.78 is 1.78. The van der Waals surface area contributed by atoms with Gasteiger partial charge in [-0.2, -0.15) is 0 Å². The fourth-order valence-electron chi connectivity index (χ4n) is 2.18. The Morgan fingerprint density at radius 2 is 2.00 bits per heavy atom. The van der Waals surface area contributed by atoms with Gasteiger partial charge in [0.25, 0.3) is 0 Å². The van der Waals surface area contributed by atoms with E-state index in [2.05, 4.69) is 4.98 Å². The van der Waals surface area contributed by atoms with Crippen molar-refractivity contribution in [2.45, 2.75) is 19.9 Å². The standard InChI is InChI=1S/C14H14N2O4/c1-9-2-3-11(13(17)18)10(12(9)14(19)20)4-6-16-7-5-15-8-16/h2-3,5,7-8H,4,6H2,1H3,(H,17,18)(H,19,20). The van der Waals surface area contributed by atoms with Crippen molar-refractivity contribution in [2.75, 3.05) is 0 Å². The van der Waals surface area contributed by atoms with Gasteiger partial charge in [-0.15, -0.1) is 0 Å². The molecular weight excluding hydrogens is 260 g/mol. The van der Waals surface area contributed by atoms with E-state index < -0.39 is 11.9 Å². The van der Waals surface area contributed by atoms with Crippen molar-refractivity contribution in [3.8, 4) is 0 Å². The van der Waals surface area contributed by atoms with Gasteiger partial charge >= 0.3 is 11.9 Å². The van der Waals surface area contributed by atoms with Crippen LogP contribution in [0.4, 0.5) is 0 Å². The minimum absolute atomic E-state index is 0.0353. The molecule has 0 saturated carbocycles. The maximum atomic E-state index is 11.4. The van der Waals surface area contributed by atoms with Crippen LogP contribution in [0.25, 0.3) is 0 Å². The minimum Gasteiger partial charge on any atom is -0.478 e. The van der Waals surface area contributed by atoms with Crippen LogP contribution in [-0.2, 0) is 13.0 Å². The number of carboxylic acids is 2. The third-order valence-corrected chi connectivity index (χ3v) is 3.14. The largest absolute Gasteiger partial charge is 0.478 e. The van der Waals surface area contributed by atoms with Crippen molar-refractivity contribution in [3.05, 3.63) is 53.1 Å². The maximum Gasteiger partial charge on any atom is 0.336 e. The number of aromatic nitrogens is 2. The second kappa shape index (κ2) is 5.56. The second-order valence-corrected chi connectivity index (χ2v) is 4.44. The van der Waals surface area contributed by atoms with Gasteiger partial charge in [-0.3, -0.25) is 0 Å². The van der Waals surface area contributed by atoms with Crippen LogP contribution in [-0.4, -0.2) is 31.7 Å². The van der Waals surface area contributed by atoms with Crippen molar-refractivity contribution in [3.63, 3.8) is 0 Å². The molecule has 0 unspecified atom stereocenters. The zero-order chi connectivity index (χ0) is 14.7. The van der Waals surface area contributed by atoms with Crippen molar-refractivity contribution in [1.29, 1.82) is 0 Å². The smallest absolute Gasteiger partial charge is 0.336 e. The number of carboxylic acid groups (broad SMARTS) is 2. The highest BCUT2D eigenvalue weighted by Gasteiger charge is 2.20. The van der Waals surface area contributed by atoms with Crippen LogP contribution in [0.5, 0.6) is 0 Å². The van der Waals surface area contributed by atoms with Crippen LogP contribution >= 0.6 is 0 Å². The molecule has 1 aromatic heterocycles. The number of rotatable bonds is 5. The monoisotopic (exact) mass is 274 g/mol. The molecule has 0 radical (unpaired) electrons. The number of aromatic carboxylic acids is 2. The Morgan fingerprint density at radius 3 is 2.55 bits per heavy atom. The Hall–Kier alpha value is -2.63. The van der Waals surface area contributed by atoms with E-state index in [1.165, 1.54) is 12.1 Å². The Morgan fingerprint density at radius 1 is 1.25 bits per heavy atom. The molecule has 0 amide bonds. The van der Waals surface area contributed by atoms with Crippen molar-refractivity contribution < 1.29 is 19.8 Å². The minimum atomic E-state index is -1.12. The molecule has 0 fully saturated rings. The number of nitrogens with zero attached hydrogens (tertiary/aromatic N) is 2. The summed E-state index contributed by atoms with van der Waals surface area (Å²) in [6, 6.07) is 2.97. The lowest BCUT2D eigenvalue weighted by Gasteiger charge is -2.12. The normalized spacial score (nSPS) is 10.4. The molecule has 2 N–H and O–H groups in total. The molecule has 0 aliphatic rings. The van der Waals surface area contributed by atoms with Gasteiger partial charge in [0.2, 0.25) is 0 Å². The van der Waals surface area contributed by atoms with E-state index >= 15 is 0 Å². The topological polar surface area (TPSA) is 92.4 Å². The van der Waals surface area contributed by atoms with E-state index in [4.69, 9.17) is 0 Å². The lowest BCUT2D eigenvalue weighted by Crippen LogP contribution is -2.14. The predicted octanol–water partition coefficient (Wildman–Crippen LogP) is 1.83. The first-order valence-corrected chi connectivity index (χ1v) is 6.05. The average Bonchev–Trinajstić information content (AvgIpc) is 2.88. The van der Waals surface area contributed by atoms with Gasteiger partial charge in [0.15, 0.2) is 0 Å². The molecule has 104 valence electrons. The third kappa shape index (κ3) is 2.69. The summed E-state index contributed by atoms with van der Waals surface area (Å²) in [5, 5.41) is 18.5. The molecule has 0 atom stereocenters. The van der Waals surface area contributed by atoms with E-state index in [9.17, 15) is 19.8 Å². The number of imidazole rings is 1. The molecule has 0 bridgehead atoms. The van der Waals surface area contributed by atoms with Crippen LogP contribution < -0.4 is 0 Å². The second-order valence-electron chi connectivity index (χ2n) is 4.44. The first-order valence-electron chi connectivity index (χ1n) is 6.05. The van der Waals surface area contributed by atoms with Crippen LogP contribution in [0.3, 0.4) is 0 Å². The van der Waals surface area contributed by atoms with Crippen LogP contribution in [0.2, 0.25) is 0 Å². The fraction of sp³-hybridized carbons (Fsp3) is 0.214. The van der Waals surface area contributed by atoms with Gasteiger partial charge in [-0.05, 0) is 30.5 Å². The highest BCUT2D eigenvalue weighted by Crippen LogP contribution is 2.21. The summed E-state index contributed by atoms with van der Waals surface area (Å²) in [5.41, 5.74) is 1.01. The number of aryl methyl sites for hydroxylation is 2. The number of benzene rings is 1. The zero-order valence-corrected chi connectivity index (χ0v) is 10.9. The van der Waals surface area contributed by atoms with E-state index in [1.807, 2.05) is 0 Å². The number of hydrogen-bond donors (Lipinski definition) is 2. The first-order chi connectivity index (χ1) is 9.50. The summed E-state index contributed by atoms with van der Waals surface area (Å²) in [4.78, 5) is 26.5. The van der Waals surface area contributed by atoms with Gasteiger partial charge in [0, 0.05) is 18.9 Å². The lowest BCUT2D eigenvalue weighted by molar-refractivity contribution is 0.0694. The predicted molar refractivity (Wildman–Crippen MR) is 71.0 cm³/mol. The fourth-order valence-corrected chi connectivity index (χ4v) is 2.18. The van der Waals surface area contributed by atoms with Gasteiger partial charge in [-0.1, -0.05) is 6.07 Å². The third-order valence-electron chi connectivity index (χ3n) is 3.14. The molecule has 0 aliphatic heterocycles. The van der Waals surface area contributed by atoms with Gasteiger partial charge in [0.1, 0.15) is 0 Å². The van der Waals surface area contributed by atoms with Gasteiger partial charge in [-0.25, -0.2) is 14.6 Å². The maximum absolute atomic E-state index is 11.4. The molecule has 2 rings (SSSR count). The molecular formula is C14H14N2O4. The van der Waals surface area contributed by atoms with Crippen molar-refractivity contribution in [2.24, 2.45) is 0 Å². The summed E-state index contributed by atoms with van der Waals surface area (Å²) in [7, 11) is 0. The summed E-state index contributed by atoms with van der Waals surface area (Å²) in [6.45, 7) is 2.14. The van der Waals surface area contributed by atoms with E-state index in [0.29, 0.717) is 24.1 Å². The highest BCUT2D eigenvalue weighted by molar-refractivity contribution is 5.97. The van der Waals surface area contributed by atoms with Crippen molar-refractivity contribution in [1.82, 2.24) is 9.55 Å². The molecule has 0 aliphatic carbocycles. The molecule has 0 spiro atoms. The van der Waals surface area contributed by atoms with E-state index in [0.717, 1.165) is 0 Å². The van der Waals surface area contributed by atoms with Crippen LogP contribution in [0.1, 0.15) is 31.8 Å². The summed E-state index contributed by atoms with van der Waals surface area (Å²) in [6.07, 6.45) is 5.29. The number of hydrogen-bond acceptors (Lipinski definition) is 3. The molecule has 1 heterocycles. The molecule has 6 nitrogen and oxygen atoms in total. The molecule has 0 saturated heterocycles. The first kappa shape index (κ1) is 13.8. The van der Waals surface area contributed by atoms with Crippen LogP contribution in [0, 0.1) is 6.92 Å². The Bertz CT molecular complexity index is 647. The lowest BCUT2D eigenvalue weighted by atomic mass is 9.94. The van der Waals surface area contributed by atoms with Gasteiger partial charge < -0.3 is 14.8 Å². The van der Waals surface area contributed by atoms with Crippen molar-refractivity contribution >= 4 is 11.9 Å². The Balaban J connectivity index is 2.43. The molecule has 6 heteroatoms. The summed E-state index contributed by atoms with van der Waals surface area (Å²) in [5.74, 6) is -2.22. The molecule has 20 heavy (non-hydrogen) atoms. The zero-order valence-electron chi connectivity index (χ0n) is 10.9. The highest BCUT2D eigenvalue weighted by atomic mass is 16.4. The summed E-state index contributed by atoms with van der Waals surface area (Å²) >= 11 is 0. The van der Waals surface area contributed by atoms with E-state index in [-0.39, 0.29) is 11.1 Å².